The van der Waals surface area contributed by atoms with E-state index in [0.717, 1.165) is 6.42 Å². The lowest BCUT2D eigenvalue weighted by atomic mass is 9.73. The highest BCUT2D eigenvalue weighted by Crippen LogP contribution is 2.34. The maximum absolute atomic E-state index is 10.1. The summed E-state index contributed by atoms with van der Waals surface area (Å²) in [5, 5.41) is 29.2. The monoisotopic (exact) mass is 262 g/mol. The molecular weight excluding hydrogens is 236 g/mol. The van der Waals surface area contributed by atoms with Gasteiger partial charge in [0, 0.05) is 13.7 Å². The van der Waals surface area contributed by atoms with Crippen LogP contribution in [0.3, 0.4) is 0 Å². The van der Waals surface area contributed by atoms with E-state index in [1.54, 1.807) is 14.0 Å². The first-order chi connectivity index (χ1) is 8.51. The normalized spacial score (nSPS) is 38.7. The summed E-state index contributed by atoms with van der Waals surface area (Å²) < 4.78 is 10.7. The number of hydrogen-bond donors (Lipinski definition) is 3. The van der Waals surface area contributed by atoms with E-state index < -0.39 is 18.3 Å². The molecule has 0 aromatic rings. The van der Waals surface area contributed by atoms with Crippen LogP contribution < -0.4 is 0 Å². The molecule has 108 valence electrons. The van der Waals surface area contributed by atoms with Gasteiger partial charge in [-0.15, -0.1) is 0 Å². The Morgan fingerprint density at radius 2 is 1.94 bits per heavy atom. The van der Waals surface area contributed by atoms with Crippen LogP contribution in [-0.2, 0) is 9.47 Å². The molecule has 0 aromatic carbocycles. The summed E-state index contributed by atoms with van der Waals surface area (Å²) in [7, 11) is 1.54. The van der Waals surface area contributed by atoms with Crippen LogP contribution in [0.15, 0.2) is 0 Å². The van der Waals surface area contributed by atoms with Gasteiger partial charge in [-0.05, 0) is 25.2 Å². The van der Waals surface area contributed by atoms with Crippen molar-refractivity contribution in [1.29, 1.82) is 0 Å². The molecule has 0 saturated heterocycles. The van der Waals surface area contributed by atoms with Crippen LogP contribution in [0.2, 0.25) is 0 Å². The molecule has 0 heterocycles. The highest BCUT2D eigenvalue weighted by atomic mass is 16.5. The van der Waals surface area contributed by atoms with Gasteiger partial charge in [0.25, 0.3) is 0 Å². The third kappa shape index (κ3) is 3.90. The summed E-state index contributed by atoms with van der Waals surface area (Å²) >= 11 is 0. The molecule has 0 radical (unpaired) electrons. The summed E-state index contributed by atoms with van der Waals surface area (Å²) in [5.74, 6) is 0.164. The second-order valence-electron chi connectivity index (χ2n) is 5.21. The molecule has 1 fully saturated rings. The van der Waals surface area contributed by atoms with Gasteiger partial charge in [-0.25, -0.2) is 0 Å². The van der Waals surface area contributed by atoms with E-state index in [-0.39, 0.29) is 17.9 Å². The molecule has 1 saturated carbocycles. The smallest absolute Gasteiger partial charge is 0.106 e. The largest absolute Gasteiger partial charge is 0.391 e. The molecule has 0 spiro atoms. The van der Waals surface area contributed by atoms with E-state index in [2.05, 4.69) is 0 Å². The zero-order chi connectivity index (χ0) is 13.7. The molecule has 6 atom stereocenters. The van der Waals surface area contributed by atoms with Crippen molar-refractivity contribution in [2.24, 2.45) is 11.8 Å². The topological polar surface area (TPSA) is 79.2 Å². The Morgan fingerprint density at radius 1 is 1.28 bits per heavy atom. The number of methoxy groups -OCH3 is 1. The van der Waals surface area contributed by atoms with Crippen molar-refractivity contribution in [2.75, 3.05) is 20.3 Å². The standard InChI is InChI=1S/C13H26O5/c1-4-10-9(7-18-6-8(2)14)5-11(17-3)13(16)12(10)15/h8-16H,4-7H2,1-3H3. The second kappa shape index (κ2) is 7.40. The van der Waals surface area contributed by atoms with Crippen LogP contribution >= 0.6 is 0 Å². The van der Waals surface area contributed by atoms with Gasteiger partial charge in [-0.3, -0.25) is 0 Å². The quantitative estimate of drug-likeness (QED) is 0.636. The fourth-order valence-electron chi connectivity index (χ4n) is 2.76. The first-order valence-electron chi connectivity index (χ1n) is 6.65. The van der Waals surface area contributed by atoms with E-state index in [9.17, 15) is 10.2 Å². The molecule has 1 rings (SSSR count). The fraction of sp³-hybridized carbons (Fsp3) is 1.00. The van der Waals surface area contributed by atoms with Crippen LogP contribution in [0.4, 0.5) is 0 Å². The number of aliphatic hydroxyl groups is 3. The minimum atomic E-state index is -0.826. The minimum absolute atomic E-state index is 0.0143. The molecule has 18 heavy (non-hydrogen) atoms. The zero-order valence-corrected chi connectivity index (χ0v) is 11.5. The Morgan fingerprint density at radius 3 is 2.44 bits per heavy atom. The number of ether oxygens (including phenoxy) is 2. The van der Waals surface area contributed by atoms with E-state index in [0.29, 0.717) is 19.6 Å². The van der Waals surface area contributed by atoms with Crippen LogP contribution in [0.5, 0.6) is 0 Å². The summed E-state index contributed by atoms with van der Waals surface area (Å²) in [6.45, 7) is 4.44. The van der Waals surface area contributed by atoms with E-state index in [1.807, 2.05) is 6.92 Å². The lowest BCUT2D eigenvalue weighted by Gasteiger charge is -2.42. The number of aliphatic hydroxyl groups excluding tert-OH is 3. The van der Waals surface area contributed by atoms with Gasteiger partial charge in [0.05, 0.1) is 24.9 Å². The lowest BCUT2D eigenvalue weighted by Crippen LogP contribution is -2.52. The molecule has 1 aliphatic carbocycles. The molecule has 0 aromatic heterocycles. The molecule has 0 amide bonds. The van der Waals surface area contributed by atoms with Gasteiger partial charge in [0.1, 0.15) is 6.10 Å². The molecule has 5 heteroatoms. The van der Waals surface area contributed by atoms with Crippen LogP contribution in [0, 0.1) is 11.8 Å². The van der Waals surface area contributed by atoms with Crippen LogP contribution in [-0.4, -0.2) is 60.1 Å². The third-order valence-corrected chi connectivity index (χ3v) is 3.78. The molecule has 6 unspecified atom stereocenters. The highest BCUT2D eigenvalue weighted by Gasteiger charge is 2.42. The average molecular weight is 262 g/mol. The van der Waals surface area contributed by atoms with Crippen molar-refractivity contribution in [1.82, 2.24) is 0 Å². The first kappa shape index (κ1) is 15.9. The predicted octanol–water partition coefficient (Wildman–Crippen LogP) is 0.167. The molecular formula is C13H26O5. The van der Waals surface area contributed by atoms with Gasteiger partial charge < -0.3 is 24.8 Å². The SMILES string of the molecule is CCC1C(COCC(C)O)CC(OC)C(O)C1O. The zero-order valence-electron chi connectivity index (χ0n) is 11.5. The predicted molar refractivity (Wildman–Crippen MR) is 67.2 cm³/mol. The summed E-state index contributed by atoms with van der Waals surface area (Å²) in [5.41, 5.74) is 0. The fourth-order valence-corrected chi connectivity index (χ4v) is 2.76. The summed E-state index contributed by atoms with van der Waals surface area (Å²) in [6.07, 6.45) is -0.961. The van der Waals surface area contributed by atoms with Crippen LogP contribution in [0.1, 0.15) is 26.7 Å². The number of hydrogen-bond acceptors (Lipinski definition) is 5. The van der Waals surface area contributed by atoms with Gasteiger partial charge in [0.15, 0.2) is 0 Å². The molecule has 5 nitrogen and oxygen atoms in total. The van der Waals surface area contributed by atoms with Crippen molar-refractivity contribution in [3.63, 3.8) is 0 Å². The second-order valence-corrected chi connectivity index (χ2v) is 5.21. The van der Waals surface area contributed by atoms with E-state index in [4.69, 9.17) is 14.6 Å². The lowest BCUT2D eigenvalue weighted by molar-refractivity contribution is -0.151. The third-order valence-electron chi connectivity index (χ3n) is 3.78. The summed E-state index contributed by atoms with van der Waals surface area (Å²) in [4.78, 5) is 0. The van der Waals surface area contributed by atoms with Crippen molar-refractivity contribution in [3.8, 4) is 0 Å². The maximum Gasteiger partial charge on any atom is 0.106 e. The molecule has 3 N–H and O–H groups in total. The van der Waals surface area contributed by atoms with E-state index >= 15 is 0 Å². The Kier molecular flexibility index (Phi) is 6.52. The van der Waals surface area contributed by atoms with Crippen molar-refractivity contribution in [3.05, 3.63) is 0 Å². The average Bonchev–Trinajstić information content (AvgIpc) is 2.33. The van der Waals surface area contributed by atoms with Gasteiger partial charge >= 0.3 is 0 Å². The van der Waals surface area contributed by atoms with Crippen molar-refractivity contribution < 1.29 is 24.8 Å². The minimum Gasteiger partial charge on any atom is -0.391 e. The molecule has 1 aliphatic rings. The first-order valence-corrected chi connectivity index (χ1v) is 6.65. The Labute approximate surface area is 109 Å². The molecule has 0 aliphatic heterocycles. The summed E-state index contributed by atoms with van der Waals surface area (Å²) in [6, 6.07) is 0. The van der Waals surface area contributed by atoms with E-state index in [1.165, 1.54) is 0 Å². The number of rotatable bonds is 6. The van der Waals surface area contributed by atoms with Crippen molar-refractivity contribution >= 4 is 0 Å². The highest BCUT2D eigenvalue weighted by molar-refractivity contribution is 4.92. The van der Waals surface area contributed by atoms with Gasteiger partial charge in [0.2, 0.25) is 0 Å². The Bertz CT molecular complexity index is 233. The molecule has 0 bridgehead atoms. The van der Waals surface area contributed by atoms with Gasteiger partial charge in [-0.2, -0.15) is 0 Å². The Hall–Kier alpha value is -0.200. The maximum atomic E-state index is 10.1. The Balaban J connectivity index is 2.57. The van der Waals surface area contributed by atoms with Gasteiger partial charge in [-0.1, -0.05) is 13.3 Å². The van der Waals surface area contributed by atoms with Crippen molar-refractivity contribution in [2.45, 2.75) is 51.1 Å². The van der Waals surface area contributed by atoms with Crippen LogP contribution in [0.25, 0.3) is 0 Å².